The zero-order valence-electron chi connectivity index (χ0n) is 13.6. The number of carbonyl (C=O) groups is 1. The summed E-state index contributed by atoms with van der Waals surface area (Å²) in [7, 11) is 5.31. The Bertz CT molecular complexity index is 513. The van der Waals surface area contributed by atoms with Gasteiger partial charge in [0.05, 0.1) is 12.1 Å². The number of benzene rings is 1. The summed E-state index contributed by atoms with van der Waals surface area (Å²) in [5.74, 6) is -0.431. The fourth-order valence-electron chi connectivity index (χ4n) is 3.32. The molecule has 1 atom stereocenters. The van der Waals surface area contributed by atoms with Crippen LogP contribution >= 0.6 is 0 Å². The third-order valence-corrected chi connectivity index (χ3v) is 4.30. The topological polar surface area (TPSA) is 41.6 Å². The van der Waals surface area contributed by atoms with Crippen molar-refractivity contribution >= 4 is 5.91 Å². The van der Waals surface area contributed by atoms with E-state index in [1.807, 2.05) is 14.1 Å². The summed E-state index contributed by atoms with van der Waals surface area (Å²) in [6.07, 6.45) is 4.04. The average molecular weight is 308 g/mol. The largest absolute Gasteiger partial charge is 0.382 e. The van der Waals surface area contributed by atoms with E-state index in [1.165, 1.54) is 12.1 Å². The third-order valence-electron chi connectivity index (χ3n) is 4.30. The Balaban J connectivity index is 2.19. The van der Waals surface area contributed by atoms with E-state index < -0.39 is 6.04 Å². The van der Waals surface area contributed by atoms with Crippen LogP contribution in [0.15, 0.2) is 24.3 Å². The number of halogens is 1. The van der Waals surface area contributed by atoms with Crippen LogP contribution in [0, 0.1) is 5.82 Å². The van der Waals surface area contributed by atoms with Crippen LogP contribution in [0.25, 0.3) is 0 Å². The second-order valence-corrected chi connectivity index (χ2v) is 6.33. The molecule has 1 N–H and O–H groups in total. The van der Waals surface area contributed by atoms with Crippen molar-refractivity contribution in [1.82, 2.24) is 10.2 Å². The second kappa shape index (κ2) is 7.20. The minimum atomic E-state index is -0.509. The molecule has 4 nitrogen and oxygen atoms in total. The van der Waals surface area contributed by atoms with E-state index in [4.69, 9.17) is 4.74 Å². The number of nitrogens with zero attached hydrogens (tertiary/aromatic N) is 1. The molecule has 122 valence electrons. The molecule has 0 bridgehead atoms. The molecule has 0 radical (unpaired) electrons. The van der Waals surface area contributed by atoms with Gasteiger partial charge in [0.25, 0.3) is 0 Å². The molecule has 1 aromatic carbocycles. The third kappa shape index (κ3) is 3.84. The molecule has 22 heavy (non-hydrogen) atoms. The highest BCUT2D eigenvalue weighted by Gasteiger charge is 2.37. The first-order chi connectivity index (χ1) is 10.5. The monoisotopic (exact) mass is 308 g/mol. The van der Waals surface area contributed by atoms with Crippen LogP contribution in [0.3, 0.4) is 0 Å². The van der Waals surface area contributed by atoms with Crippen molar-refractivity contribution in [1.29, 1.82) is 0 Å². The van der Waals surface area contributed by atoms with Gasteiger partial charge in [0.2, 0.25) is 5.91 Å². The summed E-state index contributed by atoms with van der Waals surface area (Å²) in [4.78, 5) is 14.6. The Morgan fingerprint density at radius 1 is 1.41 bits per heavy atom. The average Bonchev–Trinajstić information content (AvgIpc) is 2.87. The Morgan fingerprint density at radius 2 is 2.09 bits per heavy atom. The molecule has 0 heterocycles. The van der Waals surface area contributed by atoms with Gasteiger partial charge in [-0.05, 0) is 44.6 Å². The lowest BCUT2D eigenvalue weighted by atomic mass is 9.96. The lowest BCUT2D eigenvalue weighted by molar-refractivity contribution is -0.128. The Kier molecular flexibility index (Phi) is 5.53. The Morgan fingerprint density at radius 3 is 2.64 bits per heavy atom. The standard InChI is InChI=1S/C17H25FN2O2/c1-20(2)15(13-7-6-8-14(18)11-13)16(21)19-17(12-22-3)9-4-5-10-17/h6-8,11,15H,4-5,9-10,12H2,1-3H3,(H,19,21). The Hall–Kier alpha value is -1.46. The zero-order valence-corrected chi connectivity index (χ0v) is 13.6. The molecule has 0 spiro atoms. The van der Waals surface area contributed by atoms with Gasteiger partial charge in [-0.15, -0.1) is 0 Å². The van der Waals surface area contributed by atoms with E-state index in [0.717, 1.165) is 25.7 Å². The zero-order chi connectivity index (χ0) is 16.2. The molecule has 0 aromatic heterocycles. The highest BCUT2D eigenvalue weighted by Crippen LogP contribution is 2.31. The fourth-order valence-corrected chi connectivity index (χ4v) is 3.32. The van der Waals surface area contributed by atoms with E-state index >= 15 is 0 Å². The SMILES string of the molecule is COCC1(NC(=O)C(c2cccc(F)c2)N(C)C)CCCC1. The van der Waals surface area contributed by atoms with Gasteiger partial charge >= 0.3 is 0 Å². The first-order valence-corrected chi connectivity index (χ1v) is 7.70. The molecular formula is C17H25FN2O2. The maximum atomic E-state index is 13.5. The van der Waals surface area contributed by atoms with E-state index in [2.05, 4.69) is 5.32 Å². The number of hydrogen-bond donors (Lipinski definition) is 1. The van der Waals surface area contributed by atoms with Crippen LogP contribution in [0.5, 0.6) is 0 Å². The molecular weight excluding hydrogens is 283 g/mol. The number of amides is 1. The number of rotatable bonds is 6. The van der Waals surface area contributed by atoms with E-state index in [1.54, 1.807) is 24.1 Å². The van der Waals surface area contributed by atoms with Gasteiger partial charge < -0.3 is 10.1 Å². The minimum absolute atomic E-state index is 0.102. The van der Waals surface area contributed by atoms with Crippen LogP contribution in [0.4, 0.5) is 4.39 Å². The molecule has 0 saturated heterocycles. The molecule has 1 aromatic rings. The van der Waals surface area contributed by atoms with Gasteiger partial charge in [0.1, 0.15) is 11.9 Å². The molecule has 1 amide bonds. The molecule has 0 aliphatic heterocycles. The predicted molar refractivity (Wildman–Crippen MR) is 84.0 cm³/mol. The van der Waals surface area contributed by atoms with Crippen LogP contribution < -0.4 is 5.32 Å². The molecule has 2 rings (SSSR count). The summed E-state index contributed by atoms with van der Waals surface area (Å²) < 4.78 is 18.8. The lowest BCUT2D eigenvalue weighted by Gasteiger charge is -2.33. The first kappa shape index (κ1) is 16.9. The van der Waals surface area contributed by atoms with Crippen molar-refractivity contribution < 1.29 is 13.9 Å². The molecule has 1 fully saturated rings. The van der Waals surface area contributed by atoms with Gasteiger partial charge in [-0.25, -0.2) is 4.39 Å². The molecule has 1 aliphatic rings. The summed E-state index contributed by atoms with van der Waals surface area (Å²) in [5.41, 5.74) is 0.376. The van der Waals surface area contributed by atoms with Crippen molar-refractivity contribution in [2.75, 3.05) is 27.8 Å². The van der Waals surface area contributed by atoms with Crippen LogP contribution in [-0.4, -0.2) is 44.2 Å². The van der Waals surface area contributed by atoms with Crippen molar-refractivity contribution in [3.8, 4) is 0 Å². The minimum Gasteiger partial charge on any atom is -0.382 e. The van der Waals surface area contributed by atoms with Crippen LogP contribution in [-0.2, 0) is 9.53 Å². The lowest BCUT2D eigenvalue weighted by Crippen LogP contribution is -2.52. The van der Waals surface area contributed by atoms with Crippen molar-refractivity contribution in [3.05, 3.63) is 35.6 Å². The van der Waals surface area contributed by atoms with Gasteiger partial charge in [-0.1, -0.05) is 25.0 Å². The number of nitrogens with one attached hydrogen (secondary N) is 1. The van der Waals surface area contributed by atoms with Crippen LogP contribution in [0.1, 0.15) is 37.3 Å². The number of likely N-dealkylation sites (N-methyl/N-ethyl adjacent to an activating group) is 1. The Labute approximate surface area is 131 Å². The van der Waals surface area contributed by atoms with Crippen molar-refractivity contribution in [2.24, 2.45) is 0 Å². The highest BCUT2D eigenvalue weighted by atomic mass is 19.1. The summed E-state index contributed by atoms with van der Waals surface area (Å²) >= 11 is 0. The second-order valence-electron chi connectivity index (χ2n) is 6.33. The number of carbonyl (C=O) groups excluding carboxylic acids is 1. The summed E-state index contributed by atoms with van der Waals surface area (Å²) in [5, 5.41) is 3.16. The maximum absolute atomic E-state index is 13.5. The summed E-state index contributed by atoms with van der Waals surface area (Å²) in [6, 6.07) is 5.71. The first-order valence-electron chi connectivity index (χ1n) is 7.70. The van der Waals surface area contributed by atoms with E-state index in [0.29, 0.717) is 12.2 Å². The van der Waals surface area contributed by atoms with Gasteiger partial charge in [-0.3, -0.25) is 9.69 Å². The fraction of sp³-hybridized carbons (Fsp3) is 0.588. The molecule has 5 heteroatoms. The predicted octanol–water partition coefficient (Wildman–Crippen LogP) is 2.50. The molecule has 1 aliphatic carbocycles. The van der Waals surface area contributed by atoms with E-state index in [9.17, 15) is 9.18 Å². The van der Waals surface area contributed by atoms with Crippen molar-refractivity contribution in [3.63, 3.8) is 0 Å². The van der Waals surface area contributed by atoms with Crippen LogP contribution in [0.2, 0.25) is 0 Å². The number of ether oxygens (including phenoxy) is 1. The normalized spacial score (nSPS) is 18.4. The van der Waals surface area contributed by atoms with Gasteiger partial charge in [-0.2, -0.15) is 0 Å². The molecule has 1 unspecified atom stereocenters. The quantitative estimate of drug-likeness (QED) is 0.878. The number of hydrogen-bond acceptors (Lipinski definition) is 3. The molecule has 1 saturated carbocycles. The van der Waals surface area contributed by atoms with E-state index in [-0.39, 0.29) is 17.3 Å². The summed E-state index contributed by atoms with van der Waals surface area (Å²) in [6.45, 7) is 0.516. The highest BCUT2D eigenvalue weighted by molar-refractivity contribution is 5.84. The van der Waals surface area contributed by atoms with Crippen molar-refractivity contribution in [2.45, 2.75) is 37.3 Å². The maximum Gasteiger partial charge on any atom is 0.242 e. The number of methoxy groups -OCH3 is 1. The van der Waals surface area contributed by atoms with Gasteiger partial charge in [0, 0.05) is 7.11 Å². The van der Waals surface area contributed by atoms with Gasteiger partial charge in [0.15, 0.2) is 0 Å². The smallest absolute Gasteiger partial charge is 0.242 e.